The average molecular weight is 329 g/mol. The molecule has 0 aliphatic rings. The van der Waals surface area contributed by atoms with Crippen molar-refractivity contribution in [3.63, 3.8) is 0 Å². The predicted molar refractivity (Wildman–Crippen MR) is 92.6 cm³/mol. The molecular formula is C17H19N3O4. The van der Waals surface area contributed by atoms with Crippen LogP contribution in [-0.4, -0.2) is 24.5 Å². The minimum absolute atomic E-state index is 0.00859. The lowest BCUT2D eigenvalue weighted by atomic mass is 10.1. The highest BCUT2D eigenvalue weighted by Crippen LogP contribution is 2.28. The van der Waals surface area contributed by atoms with Gasteiger partial charge in [-0.25, -0.2) is 0 Å². The van der Waals surface area contributed by atoms with E-state index in [9.17, 15) is 14.9 Å². The van der Waals surface area contributed by atoms with Gasteiger partial charge in [0.1, 0.15) is 11.4 Å². The third-order valence-corrected chi connectivity index (χ3v) is 3.49. The fraction of sp³-hybridized carbons (Fsp3) is 0.235. The number of carbonyl (C=O) groups excluding carboxylic acids is 1. The van der Waals surface area contributed by atoms with Gasteiger partial charge >= 0.3 is 0 Å². The first kappa shape index (κ1) is 17.3. The first-order chi connectivity index (χ1) is 11.5. The Hall–Kier alpha value is -3.09. The molecule has 126 valence electrons. The Balaban J connectivity index is 2.00. The third kappa shape index (κ3) is 4.45. The smallest absolute Gasteiger partial charge is 0.296 e. The zero-order valence-electron chi connectivity index (χ0n) is 13.5. The number of aryl methyl sites for hydroxylation is 1. The summed E-state index contributed by atoms with van der Waals surface area (Å²) in [6.07, 6.45) is 0.946. The first-order valence-corrected chi connectivity index (χ1v) is 7.48. The Morgan fingerprint density at radius 2 is 1.92 bits per heavy atom. The van der Waals surface area contributed by atoms with Crippen LogP contribution in [0.4, 0.5) is 17.1 Å². The highest BCUT2D eigenvalue weighted by atomic mass is 16.6. The van der Waals surface area contributed by atoms with Gasteiger partial charge in [-0.15, -0.1) is 0 Å². The van der Waals surface area contributed by atoms with Crippen LogP contribution in [0.5, 0.6) is 5.75 Å². The van der Waals surface area contributed by atoms with E-state index in [0.717, 1.165) is 12.1 Å². The normalized spacial score (nSPS) is 10.1. The maximum Gasteiger partial charge on any atom is 0.296 e. The lowest BCUT2D eigenvalue weighted by molar-refractivity contribution is -0.384. The number of nitrogens with one attached hydrogen (secondary N) is 2. The third-order valence-electron chi connectivity index (χ3n) is 3.49. The van der Waals surface area contributed by atoms with Crippen LogP contribution in [0.2, 0.25) is 0 Å². The topological polar surface area (TPSA) is 93.5 Å². The van der Waals surface area contributed by atoms with Gasteiger partial charge in [0.15, 0.2) is 0 Å². The van der Waals surface area contributed by atoms with E-state index >= 15 is 0 Å². The summed E-state index contributed by atoms with van der Waals surface area (Å²) in [6, 6.07) is 12.0. The van der Waals surface area contributed by atoms with Gasteiger partial charge in [0.25, 0.3) is 5.69 Å². The van der Waals surface area contributed by atoms with Crippen LogP contribution in [-0.2, 0) is 11.2 Å². The molecule has 2 aromatic rings. The lowest BCUT2D eigenvalue weighted by Gasteiger charge is -2.09. The molecule has 24 heavy (non-hydrogen) atoms. The second kappa shape index (κ2) is 7.96. The summed E-state index contributed by atoms with van der Waals surface area (Å²) < 4.78 is 4.96. The molecule has 0 unspecified atom stereocenters. The van der Waals surface area contributed by atoms with E-state index in [1.807, 2.05) is 24.3 Å². The van der Waals surface area contributed by atoms with Crippen molar-refractivity contribution in [3.05, 3.63) is 58.1 Å². The van der Waals surface area contributed by atoms with Crippen LogP contribution in [0.25, 0.3) is 0 Å². The van der Waals surface area contributed by atoms with Crippen LogP contribution in [0.15, 0.2) is 42.5 Å². The Labute approximate surface area is 139 Å². The van der Waals surface area contributed by atoms with Gasteiger partial charge in [-0.3, -0.25) is 14.9 Å². The molecule has 2 N–H and O–H groups in total. The molecule has 0 bridgehead atoms. The molecule has 2 rings (SSSR count). The van der Waals surface area contributed by atoms with Crippen LogP contribution < -0.4 is 15.4 Å². The zero-order valence-corrected chi connectivity index (χ0v) is 13.5. The van der Waals surface area contributed by atoms with Gasteiger partial charge < -0.3 is 15.4 Å². The van der Waals surface area contributed by atoms with Crippen molar-refractivity contribution in [1.82, 2.24) is 0 Å². The molecule has 0 aliphatic heterocycles. The molecule has 0 saturated heterocycles. The summed E-state index contributed by atoms with van der Waals surface area (Å²) in [5.41, 5.74) is 1.94. The quantitative estimate of drug-likeness (QED) is 0.601. The molecule has 0 atom stereocenters. The van der Waals surface area contributed by atoms with Gasteiger partial charge in [-0.05, 0) is 36.2 Å². The molecular weight excluding hydrogens is 310 g/mol. The Bertz CT molecular complexity index is 729. The zero-order chi connectivity index (χ0) is 17.5. The van der Waals surface area contributed by atoms with E-state index in [2.05, 4.69) is 17.6 Å². The molecule has 0 heterocycles. The summed E-state index contributed by atoms with van der Waals surface area (Å²) in [5, 5.41) is 16.6. The number of nitrogens with zero attached hydrogens (tertiary/aromatic N) is 1. The van der Waals surface area contributed by atoms with Crippen molar-refractivity contribution in [2.45, 2.75) is 13.3 Å². The van der Waals surface area contributed by atoms with E-state index in [4.69, 9.17) is 4.74 Å². The lowest BCUT2D eigenvalue weighted by Crippen LogP contribution is -2.22. The number of ether oxygens (including phenoxy) is 1. The van der Waals surface area contributed by atoms with Crippen LogP contribution in [0.1, 0.15) is 12.5 Å². The Morgan fingerprint density at radius 1 is 1.21 bits per heavy atom. The summed E-state index contributed by atoms with van der Waals surface area (Å²) in [6.45, 7) is 2.08. The molecule has 0 aromatic heterocycles. The van der Waals surface area contributed by atoms with Crippen molar-refractivity contribution in [2.75, 3.05) is 24.3 Å². The minimum Gasteiger partial charge on any atom is -0.496 e. The number of hydrogen-bond donors (Lipinski definition) is 2. The van der Waals surface area contributed by atoms with Crippen molar-refractivity contribution in [1.29, 1.82) is 0 Å². The summed E-state index contributed by atoms with van der Waals surface area (Å²) >= 11 is 0. The van der Waals surface area contributed by atoms with Crippen molar-refractivity contribution < 1.29 is 14.5 Å². The fourth-order valence-electron chi connectivity index (χ4n) is 2.13. The molecule has 2 aromatic carbocycles. The van der Waals surface area contributed by atoms with Crippen LogP contribution in [0.3, 0.4) is 0 Å². The SMILES string of the molecule is CCc1ccc(NCC(=O)Nc2ccc(OC)cc2[N+](=O)[O-])cc1. The largest absolute Gasteiger partial charge is 0.496 e. The number of nitro groups is 1. The molecule has 0 fully saturated rings. The van der Waals surface area contributed by atoms with Crippen molar-refractivity contribution in [3.8, 4) is 5.75 Å². The van der Waals surface area contributed by atoms with E-state index in [1.54, 1.807) is 6.07 Å². The Kier molecular flexibility index (Phi) is 5.73. The van der Waals surface area contributed by atoms with E-state index in [1.165, 1.54) is 24.8 Å². The van der Waals surface area contributed by atoms with Gasteiger partial charge in [0, 0.05) is 5.69 Å². The summed E-state index contributed by atoms with van der Waals surface area (Å²) in [4.78, 5) is 22.5. The number of methoxy groups -OCH3 is 1. The maximum atomic E-state index is 12.0. The van der Waals surface area contributed by atoms with Gasteiger partial charge in [0.05, 0.1) is 24.6 Å². The number of carbonyl (C=O) groups is 1. The molecule has 0 spiro atoms. The molecule has 0 aliphatic carbocycles. The highest BCUT2D eigenvalue weighted by molar-refractivity contribution is 5.95. The van der Waals surface area contributed by atoms with Gasteiger partial charge in [0.2, 0.25) is 5.91 Å². The van der Waals surface area contributed by atoms with Crippen LogP contribution in [0, 0.1) is 10.1 Å². The molecule has 7 nitrogen and oxygen atoms in total. The van der Waals surface area contributed by atoms with E-state index < -0.39 is 4.92 Å². The standard InChI is InChI=1S/C17H19N3O4/c1-3-12-4-6-13(7-5-12)18-11-17(21)19-15-9-8-14(24-2)10-16(15)20(22)23/h4-10,18H,3,11H2,1-2H3,(H,19,21). The number of benzene rings is 2. The van der Waals surface area contributed by atoms with Crippen molar-refractivity contribution in [2.24, 2.45) is 0 Å². The Morgan fingerprint density at radius 3 is 2.50 bits per heavy atom. The summed E-state index contributed by atoms with van der Waals surface area (Å²) in [7, 11) is 1.42. The number of nitro benzene ring substituents is 1. The first-order valence-electron chi connectivity index (χ1n) is 7.48. The summed E-state index contributed by atoms with van der Waals surface area (Å²) in [5.74, 6) is -0.0170. The number of anilines is 2. The van der Waals surface area contributed by atoms with Crippen LogP contribution >= 0.6 is 0 Å². The minimum atomic E-state index is -0.560. The van der Waals surface area contributed by atoms with E-state index in [0.29, 0.717) is 5.75 Å². The highest BCUT2D eigenvalue weighted by Gasteiger charge is 2.17. The van der Waals surface area contributed by atoms with Gasteiger partial charge in [-0.1, -0.05) is 19.1 Å². The van der Waals surface area contributed by atoms with E-state index in [-0.39, 0.29) is 23.8 Å². The second-order valence-corrected chi connectivity index (χ2v) is 5.09. The predicted octanol–water partition coefficient (Wildman–Crippen LogP) is 3.22. The number of amides is 1. The fourth-order valence-corrected chi connectivity index (χ4v) is 2.13. The molecule has 0 radical (unpaired) electrons. The molecule has 7 heteroatoms. The second-order valence-electron chi connectivity index (χ2n) is 5.09. The van der Waals surface area contributed by atoms with Crippen molar-refractivity contribution >= 4 is 23.0 Å². The average Bonchev–Trinajstić information content (AvgIpc) is 2.60. The number of hydrogen-bond acceptors (Lipinski definition) is 5. The molecule has 0 saturated carbocycles. The monoisotopic (exact) mass is 329 g/mol. The maximum absolute atomic E-state index is 12.0. The molecule has 1 amide bonds. The number of rotatable bonds is 7. The van der Waals surface area contributed by atoms with Gasteiger partial charge in [-0.2, -0.15) is 0 Å².